The number of urea groups is 1. The summed E-state index contributed by atoms with van der Waals surface area (Å²) in [5.74, 6) is 0.915. The molecule has 0 bridgehead atoms. The van der Waals surface area contributed by atoms with Gasteiger partial charge < -0.3 is 10.2 Å². The van der Waals surface area contributed by atoms with Crippen LogP contribution in [-0.2, 0) is 31.5 Å². The first-order valence-corrected chi connectivity index (χ1v) is 11.8. The third-order valence-electron chi connectivity index (χ3n) is 6.70. The molecule has 0 unspecified atom stereocenters. The Morgan fingerprint density at radius 2 is 2.13 bits per heavy atom. The Kier molecular flexibility index (Phi) is 4.94. The van der Waals surface area contributed by atoms with E-state index in [2.05, 4.69) is 27.7 Å². The van der Waals surface area contributed by atoms with Gasteiger partial charge in [0.1, 0.15) is 5.82 Å². The SMILES string of the molecule is CC(C)NC(=O)N1CC[C@]2(CCn3c2nc2c(c3=O)CN(Cc3cccs3)CC2)C1. The standard InChI is InChI=1S/C22H29N5O2S/c1-15(2)23-21(29)26-9-6-22(14-26)7-10-27-19(28)17-13-25(12-16-4-3-11-30-16)8-5-18(17)24-20(22)27/h3-4,11,15H,5-10,12-14H2,1-2H3,(H,23,29)/t22-/m0/s1. The Morgan fingerprint density at radius 1 is 1.30 bits per heavy atom. The number of aromatic nitrogens is 2. The van der Waals surface area contributed by atoms with Crippen molar-refractivity contribution >= 4 is 17.4 Å². The maximum absolute atomic E-state index is 13.4. The molecule has 0 radical (unpaired) electrons. The van der Waals surface area contributed by atoms with Crippen LogP contribution in [0, 0.1) is 0 Å². The molecule has 2 aromatic rings. The fraction of sp³-hybridized carbons (Fsp3) is 0.591. The third-order valence-corrected chi connectivity index (χ3v) is 7.56. The largest absolute Gasteiger partial charge is 0.336 e. The van der Waals surface area contributed by atoms with Gasteiger partial charge in [0.2, 0.25) is 0 Å². The van der Waals surface area contributed by atoms with Crippen LogP contribution < -0.4 is 10.9 Å². The zero-order valence-corrected chi connectivity index (χ0v) is 18.5. The summed E-state index contributed by atoms with van der Waals surface area (Å²) in [5, 5.41) is 5.09. The fourth-order valence-corrected chi connectivity index (χ4v) is 5.90. The summed E-state index contributed by atoms with van der Waals surface area (Å²) in [4.78, 5) is 36.5. The highest BCUT2D eigenvalue weighted by molar-refractivity contribution is 7.09. The van der Waals surface area contributed by atoms with Gasteiger partial charge in [0.25, 0.3) is 5.56 Å². The number of carbonyl (C=O) groups excluding carboxylic acids is 1. The number of nitrogens with one attached hydrogen (secondary N) is 1. The smallest absolute Gasteiger partial charge is 0.317 e. The van der Waals surface area contributed by atoms with Gasteiger partial charge in [-0.15, -0.1) is 11.3 Å². The number of hydrogen-bond donors (Lipinski definition) is 1. The number of hydrogen-bond acceptors (Lipinski definition) is 5. The Morgan fingerprint density at radius 3 is 2.90 bits per heavy atom. The van der Waals surface area contributed by atoms with E-state index in [0.717, 1.165) is 56.0 Å². The number of fused-ring (bicyclic) bond motifs is 3. The van der Waals surface area contributed by atoms with Crippen molar-refractivity contribution < 1.29 is 4.79 Å². The lowest BCUT2D eigenvalue weighted by atomic mass is 9.85. The van der Waals surface area contributed by atoms with Crippen LogP contribution in [0.4, 0.5) is 4.79 Å². The molecule has 0 aromatic carbocycles. The van der Waals surface area contributed by atoms with Crippen LogP contribution >= 0.6 is 11.3 Å². The van der Waals surface area contributed by atoms with Crippen molar-refractivity contribution in [2.45, 2.75) is 64.2 Å². The van der Waals surface area contributed by atoms with E-state index in [1.165, 1.54) is 4.88 Å². The monoisotopic (exact) mass is 427 g/mol. The van der Waals surface area contributed by atoms with Gasteiger partial charge in [0, 0.05) is 62.0 Å². The quantitative estimate of drug-likeness (QED) is 0.816. The molecule has 8 heteroatoms. The average molecular weight is 428 g/mol. The fourth-order valence-electron chi connectivity index (χ4n) is 5.15. The Hall–Kier alpha value is -2.19. The van der Waals surface area contributed by atoms with Crippen LogP contribution in [0.1, 0.15) is 48.6 Å². The van der Waals surface area contributed by atoms with Gasteiger partial charge in [-0.2, -0.15) is 0 Å². The van der Waals surface area contributed by atoms with E-state index in [4.69, 9.17) is 4.98 Å². The summed E-state index contributed by atoms with van der Waals surface area (Å²) in [7, 11) is 0. The topological polar surface area (TPSA) is 70.5 Å². The van der Waals surface area contributed by atoms with Crippen LogP contribution in [0.3, 0.4) is 0 Å². The first-order valence-electron chi connectivity index (χ1n) is 10.9. The van der Waals surface area contributed by atoms with Crippen LogP contribution in [0.5, 0.6) is 0 Å². The van der Waals surface area contributed by atoms with Crippen molar-refractivity contribution in [2.75, 3.05) is 19.6 Å². The predicted octanol–water partition coefficient (Wildman–Crippen LogP) is 2.33. The lowest BCUT2D eigenvalue weighted by Crippen LogP contribution is -2.43. The van der Waals surface area contributed by atoms with Crippen molar-refractivity contribution in [3.8, 4) is 0 Å². The molecular formula is C22H29N5O2S. The van der Waals surface area contributed by atoms with E-state index in [1.807, 2.05) is 23.3 Å². The molecule has 1 spiro atoms. The highest BCUT2D eigenvalue weighted by Crippen LogP contribution is 2.41. The minimum atomic E-state index is -0.170. The Balaban J connectivity index is 1.39. The lowest BCUT2D eigenvalue weighted by Gasteiger charge is -2.29. The molecule has 160 valence electrons. The molecule has 7 nitrogen and oxygen atoms in total. The molecule has 0 aliphatic carbocycles. The summed E-state index contributed by atoms with van der Waals surface area (Å²) in [6.07, 6.45) is 2.59. The Bertz CT molecular complexity index is 1020. The first kappa shape index (κ1) is 19.8. The summed E-state index contributed by atoms with van der Waals surface area (Å²) in [6, 6.07) is 4.34. The van der Waals surface area contributed by atoms with E-state index in [1.54, 1.807) is 11.3 Å². The van der Waals surface area contributed by atoms with E-state index < -0.39 is 0 Å². The molecule has 2 amide bonds. The molecule has 3 aliphatic rings. The zero-order valence-electron chi connectivity index (χ0n) is 17.7. The van der Waals surface area contributed by atoms with Crippen LogP contribution in [0.15, 0.2) is 22.3 Å². The lowest BCUT2D eigenvalue weighted by molar-refractivity contribution is 0.202. The van der Waals surface area contributed by atoms with Crippen LogP contribution in [0.25, 0.3) is 0 Å². The number of nitrogens with zero attached hydrogens (tertiary/aromatic N) is 4. The van der Waals surface area contributed by atoms with Gasteiger partial charge in [0.15, 0.2) is 0 Å². The minimum Gasteiger partial charge on any atom is -0.336 e. The van der Waals surface area contributed by atoms with Gasteiger partial charge in [0.05, 0.1) is 11.3 Å². The second-order valence-electron chi connectivity index (χ2n) is 9.16. The molecule has 1 atom stereocenters. The molecule has 5 rings (SSSR count). The van der Waals surface area contributed by atoms with Crippen LogP contribution in [-0.4, -0.2) is 51.1 Å². The second-order valence-corrected chi connectivity index (χ2v) is 10.2. The predicted molar refractivity (Wildman–Crippen MR) is 117 cm³/mol. The van der Waals surface area contributed by atoms with Gasteiger partial charge in [-0.25, -0.2) is 9.78 Å². The Labute approximate surface area is 180 Å². The van der Waals surface area contributed by atoms with Crippen molar-refractivity contribution in [3.63, 3.8) is 0 Å². The third kappa shape index (κ3) is 3.36. The minimum absolute atomic E-state index is 0.00940. The molecule has 2 aromatic heterocycles. The van der Waals surface area contributed by atoms with Crippen molar-refractivity contribution in [1.29, 1.82) is 0 Å². The number of amides is 2. The average Bonchev–Trinajstić information content (AvgIpc) is 3.44. The van der Waals surface area contributed by atoms with Crippen molar-refractivity contribution in [2.24, 2.45) is 0 Å². The first-order chi connectivity index (χ1) is 14.4. The maximum Gasteiger partial charge on any atom is 0.317 e. The molecule has 1 fully saturated rings. The van der Waals surface area contributed by atoms with Gasteiger partial charge in [-0.3, -0.25) is 14.3 Å². The molecule has 30 heavy (non-hydrogen) atoms. The molecule has 1 N–H and O–H groups in total. The van der Waals surface area contributed by atoms with Gasteiger partial charge in [-0.1, -0.05) is 6.07 Å². The highest BCUT2D eigenvalue weighted by Gasteiger charge is 2.48. The van der Waals surface area contributed by atoms with E-state index in [-0.39, 0.29) is 23.0 Å². The molecule has 0 saturated carbocycles. The number of carbonyl (C=O) groups is 1. The number of thiophene rings is 1. The van der Waals surface area contributed by atoms with Crippen LogP contribution in [0.2, 0.25) is 0 Å². The van der Waals surface area contributed by atoms with Crippen molar-refractivity contribution in [1.82, 2.24) is 24.7 Å². The molecule has 1 saturated heterocycles. The summed E-state index contributed by atoms with van der Waals surface area (Å²) in [6.45, 7) is 8.53. The van der Waals surface area contributed by atoms with Gasteiger partial charge >= 0.3 is 6.03 Å². The highest BCUT2D eigenvalue weighted by atomic mass is 32.1. The summed E-state index contributed by atoms with van der Waals surface area (Å²) >= 11 is 1.76. The van der Waals surface area contributed by atoms with Crippen molar-refractivity contribution in [3.05, 3.63) is 49.8 Å². The number of likely N-dealkylation sites (tertiary alicyclic amines) is 1. The molecule has 3 aliphatic heterocycles. The summed E-state index contributed by atoms with van der Waals surface area (Å²) in [5.41, 5.74) is 1.80. The molecule has 5 heterocycles. The van der Waals surface area contributed by atoms with E-state index >= 15 is 0 Å². The number of rotatable bonds is 3. The second kappa shape index (κ2) is 7.50. The zero-order chi connectivity index (χ0) is 20.9. The van der Waals surface area contributed by atoms with Gasteiger partial charge in [-0.05, 0) is 38.1 Å². The normalized spacial score (nSPS) is 23.2. The van der Waals surface area contributed by atoms with E-state index in [0.29, 0.717) is 19.6 Å². The molecular weight excluding hydrogens is 398 g/mol. The van der Waals surface area contributed by atoms with E-state index in [9.17, 15) is 9.59 Å². The maximum atomic E-state index is 13.4. The summed E-state index contributed by atoms with van der Waals surface area (Å²) < 4.78 is 1.90.